The highest BCUT2D eigenvalue weighted by atomic mass is 19.4. The van der Waals surface area contributed by atoms with E-state index >= 15 is 0 Å². The minimum absolute atomic E-state index is 0.0653. The summed E-state index contributed by atoms with van der Waals surface area (Å²) in [5.41, 5.74) is 5.27. The van der Waals surface area contributed by atoms with Gasteiger partial charge in [-0.25, -0.2) is 4.98 Å². The monoisotopic (exact) mass is 282 g/mol. The van der Waals surface area contributed by atoms with Gasteiger partial charge in [0, 0.05) is 6.20 Å². The summed E-state index contributed by atoms with van der Waals surface area (Å²) >= 11 is 0. The number of nitrogen functional groups attached to an aromatic ring is 1. The summed E-state index contributed by atoms with van der Waals surface area (Å²) in [5, 5.41) is 2.86. The van der Waals surface area contributed by atoms with E-state index in [1.54, 1.807) is 31.3 Å². The number of alkyl halides is 3. The zero-order chi connectivity index (χ0) is 14.8. The number of rotatable bonds is 3. The van der Waals surface area contributed by atoms with E-state index < -0.39 is 11.7 Å². The van der Waals surface area contributed by atoms with Crippen molar-refractivity contribution in [3.63, 3.8) is 0 Å². The van der Waals surface area contributed by atoms with E-state index in [9.17, 15) is 13.2 Å². The molecule has 3 N–H and O–H groups in total. The second-order valence-electron chi connectivity index (χ2n) is 4.28. The van der Waals surface area contributed by atoms with E-state index in [1.807, 2.05) is 0 Å². The number of aromatic nitrogens is 2. The van der Waals surface area contributed by atoms with Crippen LogP contribution in [0.25, 0.3) is 0 Å². The molecule has 4 nitrogen and oxygen atoms in total. The first kappa shape index (κ1) is 14.1. The van der Waals surface area contributed by atoms with Gasteiger partial charge in [-0.15, -0.1) is 0 Å². The molecule has 0 saturated heterocycles. The van der Waals surface area contributed by atoms with Crippen LogP contribution in [0.3, 0.4) is 0 Å². The fourth-order valence-corrected chi connectivity index (χ4v) is 1.72. The number of pyridine rings is 2. The number of halogens is 3. The molecule has 0 aliphatic heterocycles. The normalized spacial score (nSPS) is 13.0. The van der Waals surface area contributed by atoms with Gasteiger partial charge in [-0.2, -0.15) is 13.2 Å². The summed E-state index contributed by atoms with van der Waals surface area (Å²) in [4.78, 5) is 7.98. The highest BCUT2D eigenvalue weighted by Gasteiger charge is 2.31. The van der Waals surface area contributed by atoms with Gasteiger partial charge in [0.2, 0.25) is 0 Å². The lowest BCUT2D eigenvalue weighted by atomic mass is 10.2. The molecule has 2 rings (SSSR count). The minimum atomic E-state index is -4.46. The van der Waals surface area contributed by atoms with E-state index in [1.165, 1.54) is 0 Å². The summed E-state index contributed by atoms with van der Waals surface area (Å²) in [7, 11) is 0. The van der Waals surface area contributed by atoms with Crippen LogP contribution in [0.1, 0.15) is 24.2 Å². The fraction of sp³-hybridized carbons (Fsp3) is 0.231. The Morgan fingerprint density at radius 1 is 1.25 bits per heavy atom. The molecule has 1 unspecified atom stereocenters. The van der Waals surface area contributed by atoms with E-state index in [4.69, 9.17) is 5.73 Å². The zero-order valence-electron chi connectivity index (χ0n) is 10.6. The molecule has 0 fully saturated rings. The van der Waals surface area contributed by atoms with Gasteiger partial charge in [-0.3, -0.25) is 4.98 Å². The lowest BCUT2D eigenvalue weighted by Crippen LogP contribution is -2.13. The van der Waals surface area contributed by atoms with Gasteiger partial charge in [0.15, 0.2) is 0 Å². The van der Waals surface area contributed by atoms with Gasteiger partial charge in [0.1, 0.15) is 11.6 Å². The van der Waals surface area contributed by atoms with E-state index in [0.717, 1.165) is 12.1 Å². The second-order valence-corrected chi connectivity index (χ2v) is 4.28. The molecule has 0 radical (unpaired) electrons. The lowest BCUT2D eigenvalue weighted by molar-refractivity contribution is -0.137. The molecule has 2 aromatic heterocycles. The van der Waals surface area contributed by atoms with E-state index in [-0.39, 0.29) is 17.7 Å². The average Bonchev–Trinajstić information content (AvgIpc) is 2.38. The Morgan fingerprint density at radius 2 is 2.00 bits per heavy atom. The van der Waals surface area contributed by atoms with Crippen LogP contribution in [-0.2, 0) is 6.18 Å². The molecule has 0 amide bonds. The Balaban J connectivity index is 2.24. The van der Waals surface area contributed by atoms with Crippen LogP contribution in [0.15, 0.2) is 36.5 Å². The third kappa shape index (κ3) is 3.37. The van der Waals surface area contributed by atoms with Crippen molar-refractivity contribution in [2.24, 2.45) is 0 Å². The van der Waals surface area contributed by atoms with Crippen LogP contribution in [0, 0.1) is 0 Å². The van der Waals surface area contributed by atoms with E-state index in [0.29, 0.717) is 5.69 Å². The number of nitrogens with one attached hydrogen (secondary N) is 1. The van der Waals surface area contributed by atoms with Crippen LogP contribution < -0.4 is 11.1 Å². The van der Waals surface area contributed by atoms with Gasteiger partial charge in [-0.05, 0) is 31.2 Å². The predicted molar refractivity (Wildman–Crippen MR) is 69.9 cm³/mol. The fourth-order valence-electron chi connectivity index (χ4n) is 1.72. The molecule has 0 aliphatic carbocycles. The maximum atomic E-state index is 12.7. The molecule has 0 spiro atoms. The highest BCUT2D eigenvalue weighted by Crippen LogP contribution is 2.32. The third-order valence-corrected chi connectivity index (χ3v) is 2.67. The summed E-state index contributed by atoms with van der Waals surface area (Å²) < 4.78 is 38.1. The third-order valence-electron chi connectivity index (χ3n) is 2.67. The van der Waals surface area contributed by atoms with Gasteiger partial charge in [0.05, 0.1) is 17.3 Å². The number of anilines is 2. The molecule has 0 aliphatic rings. The number of hydrogen-bond donors (Lipinski definition) is 2. The molecule has 106 valence electrons. The average molecular weight is 282 g/mol. The van der Waals surface area contributed by atoms with Gasteiger partial charge in [-0.1, -0.05) is 6.07 Å². The predicted octanol–water partition coefficient (Wildman–Crippen LogP) is 3.25. The molecular formula is C13H13F3N4. The molecule has 0 aromatic carbocycles. The van der Waals surface area contributed by atoms with Crippen molar-refractivity contribution in [1.29, 1.82) is 0 Å². The van der Waals surface area contributed by atoms with Gasteiger partial charge >= 0.3 is 6.18 Å². The highest BCUT2D eigenvalue weighted by molar-refractivity contribution is 5.48. The topological polar surface area (TPSA) is 63.8 Å². The molecule has 1 atom stereocenters. The molecule has 20 heavy (non-hydrogen) atoms. The van der Waals surface area contributed by atoms with Crippen molar-refractivity contribution in [1.82, 2.24) is 9.97 Å². The van der Waals surface area contributed by atoms with Crippen LogP contribution in [-0.4, -0.2) is 9.97 Å². The SMILES string of the molecule is CC(Nc1cc(C(F)(F)F)cc(N)n1)c1ccccn1. The number of nitrogens with two attached hydrogens (primary N) is 1. The Bertz CT molecular complexity index is 584. The molecule has 0 saturated carbocycles. The summed E-state index contributed by atoms with van der Waals surface area (Å²) in [6.07, 6.45) is -2.84. The summed E-state index contributed by atoms with van der Waals surface area (Å²) in [5.74, 6) is -0.119. The standard InChI is InChI=1S/C13H13F3N4/c1-8(10-4-2-3-5-18-10)19-12-7-9(13(14,15)16)6-11(17)20-12/h2-8H,1H3,(H3,17,19,20). The molecule has 7 heteroatoms. The van der Waals surface area contributed by atoms with Crippen molar-refractivity contribution < 1.29 is 13.2 Å². The lowest BCUT2D eigenvalue weighted by Gasteiger charge is -2.16. The largest absolute Gasteiger partial charge is 0.416 e. The minimum Gasteiger partial charge on any atom is -0.384 e. The number of hydrogen-bond acceptors (Lipinski definition) is 4. The van der Waals surface area contributed by atoms with Crippen molar-refractivity contribution in [3.8, 4) is 0 Å². The van der Waals surface area contributed by atoms with Gasteiger partial charge < -0.3 is 11.1 Å². The Labute approximate surface area is 113 Å². The molecule has 2 heterocycles. The maximum Gasteiger partial charge on any atom is 0.416 e. The smallest absolute Gasteiger partial charge is 0.384 e. The molecule has 0 bridgehead atoms. The van der Waals surface area contributed by atoms with Crippen LogP contribution >= 0.6 is 0 Å². The van der Waals surface area contributed by atoms with Crippen LogP contribution in [0.4, 0.5) is 24.8 Å². The first-order chi connectivity index (χ1) is 9.36. The molecule has 2 aromatic rings. The summed E-state index contributed by atoms with van der Waals surface area (Å²) in [6.45, 7) is 1.78. The zero-order valence-corrected chi connectivity index (χ0v) is 10.6. The van der Waals surface area contributed by atoms with Crippen molar-refractivity contribution in [2.75, 3.05) is 11.1 Å². The quantitative estimate of drug-likeness (QED) is 0.907. The number of nitrogens with zero attached hydrogens (tertiary/aromatic N) is 2. The van der Waals surface area contributed by atoms with Crippen molar-refractivity contribution in [3.05, 3.63) is 47.8 Å². The van der Waals surface area contributed by atoms with E-state index in [2.05, 4.69) is 15.3 Å². The first-order valence-electron chi connectivity index (χ1n) is 5.88. The van der Waals surface area contributed by atoms with Crippen LogP contribution in [0.2, 0.25) is 0 Å². The Hall–Kier alpha value is -2.31. The second kappa shape index (κ2) is 5.36. The first-order valence-corrected chi connectivity index (χ1v) is 5.88. The van der Waals surface area contributed by atoms with Crippen LogP contribution in [0.5, 0.6) is 0 Å². The van der Waals surface area contributed by atoms with Crippen molar-refractivity contribution >= 4 is 11.6 Å². The Kier molecular flexibility index (Phi) is 3.78. The maximum absolute atomic E-state index is 12.7. The summed E-state index contributed by atoms with van der Waals surface area (Å²) in [6, 6.07) is 6.78. The van der Waals surface area contributed by atoms with Gasteiger partial charge in [0.25, 0.3) is 0 Å². The Morgan fingerprint density at radius 3 is 2.60 bits per heavy atom. The molecular weight excluding hydrogens is 269 g/mol. The van der Waals surface area contributed by atoms with Crippen molar-refractivity contribution in [2.45, 2.75) is 19.1 Å².